The molecule has 0 aliphatic rings. The van der Waals surface area contributed by atoms with Crippen LogP contribution in [0.3, 0.4) is 0 Å². The van der Waals surface area contributed by atoms with Gasteiger partial charge in [0.2, 0.25) is 0 Å². The van der Waals surface area contributed by atoms with Crippen molar-refractivity contribution < 1.29 is 23.8 Å². The van der Waals surface area contributed by atoms with Crippen molar-refractivity contribution in [1.29, 1.82) is 0 Å². The molecule has 0 spiro atoms. The van der Waals surface area contributed by atoms with Gasteiger partial charge in [-0.2, -0.15) is 0 Å². The van der Waals surface area contributed by atoms with Crippen LogP contribution in [0.5, 0.6) is 5.75 Å². The highest BCUT2D eigenvalue weighted by Crippen LogP contribution is 2.22. The van der Waals surface area contributed by atoms with E-state index in [1.807, 2.05) is 0 Å². The van der Waals surface area contributed by atoms with Crippen molar-refractivity contribution in [2.24, 2.45) is 0 Å². The number of esters is 2. The van der Waals surface area contributed by atoms with Crippen LogP contribution in [0, 0.1) is 0 Å². The van der Waals surface area contributed by atoms with Gasteiger partial charge >= 0.3 is 11.9 Å². The Morgan fingerprint density at radius 3 is 1.62 bits per heavy atom. The van der Waals surface area contributed by atoms with Gasteiger partial charge in [0.15, 0.2) is 0 Å². The summed E-state index contributed by atoms with van der Waals surface area (Å²) in [5, 5.41) is 0. The Kier molecular flexibility index (Phi) is 9.58. The predicted molar refractivity (Wildman–Crippen MR) is 83.1 cm³/mol. The van der Waals surface area contributed by atoms with E-state index in [1.165, 1.54) is 14.2 Å². The number of carbonyl (C=O) groups is 2. The molecule has 0 bridgehead atoms. The van der Waals surface area contributed by atoms with Crippen LogP contribution in [0.15, 0.2) is 29.8 Å². The fourth-order valence-electron chi connectivity index (χ4n) is 1.58. The van der Waals surface area contributed by atoms with Crippen molar-refractivity contribution in [2.75, 3.05) is 21.3 Å². The molecule has 0 aliphatic carbocycles. The van der Waals surface area contributed by atoms with Crippen molar-refractivity contribution in [2.45, 2.75) is 21.8 Å². The van der Waals surface area contributed by atoms with E-state index in [-0.39, 0.29) is 20.4 Å². The molecule has 0 saturated carbocycles. The van der Waals surface area contributed by atoms with Gasteiger partial charge in [-0.15, -0.1) is 0 Å². The van der Waals surface area contributed by atoms with E-state index in [4.69, 9.17) is 4.74 Å². The summed E-state index contributed by atoms with van der Waals surface area (Å²) in [6, 6.07) is 6.98. The number of rotatable bonds is 4. The van der Waals surface area contributed by atoms with E-state index < -0.39 is 11.9 Å². The van der Waals surface area contributed by atoms with Crippen molar-refractivity contribution in [3.05, 3.63) is 35.4 Å². The summed E-state index contributed by atoms with van der Waals surface area (Å²) in [5.74, 6) is -0.755. The van der Waals surface area contributed by atoms with Crippen molar-refractivity contribution in [3.63, 3.8) is 0 Å². The molecule has 0 N–H and O–H groups in total. The van der Waals surface area contributed by atoms with Crippen LogP contribution >= 0.6 is 0 Å². The van der Waals surface area contributed by atoms with Crippen LogP contribution in [0.25, 0.3) is 5.57 Å². The lowest BCUT2D eigenvalue weighted by Crippen LogP contribution is -2.17. The van der Waals surface area contributed by atoms with Crippen LogP contribution in [-0.4, -0.2) is 33.3 Å². The molecule has 118 valence electrons. The SMILES string of the molecule is C.C.COC(=O)C(C(=O)OC)=C(C)c1ccc(OC)cc1. The summed E-state index contributed by atoms with van der Waals surface area (Å²) in [6.07, 6.45) is 0. The standard InChI is InChI=1S/C14H16O5.2CH4/c1-9(10-5-7-11(17-2)8-6-10)12(13(15)18-3)14(16)19-4;;/h5-8H,1-4H3;2*1H4. The fraction of sp³-hybridized carbons (Fsp3) is 0.375. The summed E-state index contributed by atoms with van der Waals surface area (Å²) in [6.45, 7) is 1.66. The first-order valence-corrected chi connectivity index (χ1v) is 5.57. The Bertz CT molecular complexity index is 482. The second-order valence-corrected chi connectivity index (χ2v) is 3.71. The van der Waals surface area contributed by atoms with Crippen LogP contribution < -0.4 is 4.74 Å². The molecule has 0 unspecified atom stereocenters. The largest absolute Gasteiger partial charge is 0.497 e. The molecule has 0 fully saturated rings. The lowest BCUT2D eigenvalue weighted by Gasteiger charge is -2.09. The molecule has 5 nitrogen and oxygen atoms in total. The minimum Gasteiger partial charge on any atom is -0.497 e. The van der Waals surface area contributed by atoms with Gasteiger partial charge in [0.25, 0.3) is 0 Å². The molecule has 0 saturated heterocycles. The lowest BCUT2D eigenvalue weighted by atomic mass is 10.0. The summed E-state index contributed by atoms with van der Waals surface area (Å²) >= 11 is 0. The van der Waals surface area contributed by atoms with E-state index >= 15 is 0 Å². The zero-order chi connectivity index (χ0) is 14.4. The van der Waals surface area contributed by atoms with Crippen LogP contribution in [-0.2, 0) is 19.1 Å². The number of ether oxygens (including phenoxy) is 3. The first-order valence-electron chi connectivity index (χ1n) is 5.57. The smallest absolute Gasteiger partial charge is 0.345 e. The first-order chi connectivity index (χ1) is 9.04. The summed E-state index contributed by atoms with van der Waals surface area (Å²) in [7, 11) is 3.99. The van der Waals surface area contributed by atoms with Crippen molar-refractivity contribution in [3.8, 4) is 5.75 Å². The van der Waals surface area contributed by atoms with Crippen LogP contribution in [0.2, 0.25) is 0 Å². The molecular formula is C16H24O5. The number of carbonyl (C=O) groups excluding carboxylic acids is 2. The van der Waals surface area contributed by atoms with Gasteiger partial charge < -0.3 is 14.2 Å². The Balaban J connectivity index is 0. The number of benzene rings is 1. The Hall–Kier alpha value is -2.30. The summed E-state index contributed by atoms with van der Waals surface area (Å²) in [5.41, 5.74) is 1.09. The quantitative estimate of drug-likeness (QED) is 0.370. The molecule has 0 amide bonds. The van der Waals surface area contributed by atoms with Gasteiger partial charge in [0.1, 0.15) is 11.3 Å². The van der Waals surface area contributed by atoms with E-state index in [9.17, 15) is 9.59 Å². The van der Waals surface area contributed by atoms with Gasteiger partial charge in [-0.1, -0.05) is 27.0 Å². The van der Waals surface area contributed by atoms with Crippen molar-refractivity contribution >= 4 is 17.5 Å². The molecule has 1 rings (SSSR count). The Morgan fingerprint density at radius 2 is 1.29 bits per heavy atom. The minimum atomic E-state index is -0.722. The second kappa shape index (κ2) is 9.58. The molecule has 5 heteroatoms. The lowest BCUT2D eigenvalue weighted by molar-refractivity contribution is -0.143. The molecule has 0 heterocycles. The predicted octanol–water partition coefficient (Wildman–Crippen LogP) is 3.09. The number of allylic oxidation sites excluding steroid dienone is 1. The normalized spacial score (nSPS) is 8.57. The third-order valence-corrected chi connectivity index (χ3v) is 2.68. The zero-order valence-electron chi connectivity index (χ0n) is 11.4. The first kappa shape index (κ1) is 21.0. The van der Waals surface area contributed by atoms with Gasteiger partial charge in [-0.25, -0.2) is 9.59 Å². The van der Waals surface area contributed by atoms with Crippen LogP contribution in [0.1, 0.15) is 27.3 Å². The van der Waals surface area contributed by atoms with E-state index in [0.29, 0.717) is 16.9 Å². The molecule has 21 heavy (non-hydrogen) atoms. The summed E-state index contributed by atoms with van der Waals surface area (Å²) < 4.78 is 14.2. The van der Waals surface area contributed by atoms with Crippen molar-refractivity contribution in [1.82, 2.24) is 0 Å². The maximum atomic E-state index is 11.6. The van der Waals surface area contributed by atoms with Gasteiger partial charge in [-0.3, -0.25) is 0 Å². The Labute approximate surface area is 126 Å². The number of methoxy groups -OCH3 is 3. The molecule has 1 aromatic rings. The van der Waals surface area contributed by atoms with E-state index in [2.05, 4.69) is 9.47 Å². The maximum absolute atomic E-state index is 11.6. The highest BCUT2D eigenvalue weighted by molar-refractivity contribution is 6.19. The third-order valence-electron chi connectivity index (χ3n) is 2.68. The maximum Gasteiger partial charge on any atom is 0.345 e. The monoisotopic (exact) mass is 296 g/mol. The average Bonchev–Trinajstić information content (AvgIpc) is 2.46. The average molecular weight is 296 g/mol. The minimum absolute atomic E-state index is 0. The highest BCUT2D eigenvalue weighted by Gasteiger charge is 2.23. The third kappa shape index (κ3) is 4.95. The van der Waals surface area contributed by atoms with E-state index in [1.54, 1.807) is 38.3 Å². The van der Waals surface area contributed by atoms with Gasteiger partial charge in [0, 0.05) is 0 Å². The number of hydrogen-bond acceptors (Lipinski definition) is 5. The molecule has 0 radical (unpaired) electrons. The van der Waals surface area contributed by atoms with E-state index in [0.717, 1.165) is 0 Å². The van der Waals surface area contributed by atoms with Gasteiger partial charge in [-0.05, 0) is 30.2 Å². The molecule has 0 aromatic heterocycles. The summed E-state index contributed by atoms with van der Waals surface area (Å²) in [4.78, 5) is 23.3. The van der Waals surface area contributed by atoms with Gasteiger partial charge in [0.05, 0.1) is 21.3 Å². The van der Waals surface area contributed by atoms with Crippen LogP contribution in [0.4, 0.5) is 0 Å². The highest BCUT2D eigenvalue weighted by atomic mass is 16.5. The molecule has 0 atom stereocenters. The number of hydrogen-bond donors (Lipinski definition) is 0. The molecular weight excluding hydrogens is 272 g/mol. The Morgan fingerprint density at radius 1 is 0.857 bits per heavy atom. The molecule has 1 aromatic carbocycles. The second-order valence-electron chi connectivity index (χ2n) is 3.71. The topological polar surface area (TPSA) is 61.8 Å². The molecule has 0 aliphatic heterocycles. The fourth-order valence-corrected chi connectivity index (χ4v) is 1.58. The zero-order valence-corrected chi connectivity index (χ0v) is 11.4.